The highest BCUT2D eigenvalue weighted by molar-refractivity contribution is 6.09. The maximum absolute atomic E-state index is 6.52. The van der Waals surface area contributed by atoms with Gasteiger partial charge in [0.25, 0.3) is 0 Å². The van der Waals surface area contributed by atoms with Crippen LogP contribution in [-0.4, -0.2) is 0 Å². The fourth-order valence-electron chi connectivity index (χ4n) is 10.1. The number of allylic oxidation sites excluding steroid dienone is 4. The molecule has 0 bridgehead atoms. The zero-order valence-electron chi connectivity index (χ0n) is 32.4. The highest BCUT2D eigenvalue weighted by Gasteiger charge is 2.38. The Morgan fingerprint density at radius 3 is 2.07 bits per heavy atom. The summed E-state index contributed by atoms with van der Waals surface area (Å²) < 4.78 is 6.52. The average molecular weight is 722 g/mol. The van der Waals surface area contributed by atoms with E-state index in [1.165, 1.54) is 55.7 Å². The SMILES string of the molecule is CC1(C)C2=C(CCC=C2)c2cc(-c3ccc(N(c4cccc(-c5cccc6c5oc5ccccc56)c4)c4ccc5c(c4)C(C)(C)c4ccccc4-5)cc3)ccc21. The van der Waals surface area contributed by atoms with Gasteiger partial charge in [-0.1, -0.05) is 143 Å². The number of rotatable bonds is 5. The molecule has 2 nitrogen and oxygen atoms in total. The third-order valence-corrected chi connectivity index (χ3v) is 13.0. The first-order valence-electron chi connectivity index (χ1n) is 20.0. The van der Waals surface area contributed by atoms with Crippen molar-refractivity contribution in [3.63, 3.8) is 0 Å². The molecule has 3 aliphatic rings. The van der Waals surface area contributed by atoms with E-state index in [0.717, 1.165) is 63.0 Å². The minimum Gasteiger partial charge on any atom is -0.455 e. The molecule has 11 rings (SSSR count). The molecule has 56 heavy (non-hydrogen) atoms. The number of fused-ring (bicyclic) bond motifs is 8. The van der Waals surface area contributed by atoms with Gasteiger partial charge in [0.2, 0.25) is 0 Å². The Kier molecular flexibility index (Phi) is 7.11. The summed E-state index contributed by atoms with van der Waals surface area (Å²) in [5.41, 5.74) is 21.1. The van der Waals surface area contributed by atoms with Crippen molar-refractivity contribution in [3.8, 4) is 33.4 Å². The molecule has 1 aromatic heterocycles. The maximum atomic E-state index is 6.52. The summed E-state index contributed by atoms with van der Waals surface area (Å²) in [6.07, 6.45) is 6.94. The van der Waals surface area contributed by atoms with Gasteiger partial charge in [0, 0.05) is 44.2 Å². The van der Waals surface area contributed by atoms with E-state index < -0.39 is 0 Å². The van der Waals surface area contributed by atoms with Gasteiger partial charge in [-0.25, -0.2) is 0 Å². The van der Waals surface area contributed by atoms with Crippen LogP contribution in [0.3, 0.4) is 0 Å². The summed E-state index contributed by atoms with van der Waals surface area (Å²) in [5, 5.41) is 2.28. The van der Waals surface area contributed by atoms with Crippen LogP contribution in [0.4, 0.5) is 17.1 Å². The number of hydrogen-bond acceptors (Lipinski definition) is 2. The molecule has 8 aromatic rings. The molecule has 0 unspecified atom stereocenters. The first kappa shape index (κ1) is 33.0. The molecule has 0 atom stereocenters. The summed E-state index contributed by atoms with van der Waals surface area (Å²) in [6, 6.07) is 56.0. The first-order valence-corrected chi connectivity index (χ1v) is 20.0. The van der Waals surface area contributed by atoms with Crippen molar-refractivity contribution >= 4 is 44.6 Å². The third kappa shape index (κ3) is 4.81. The molecule has 1 heterocycles. The molecule has 0 saturated heterocycles. The van der Waals surface area contributed by atoms with Crippen LogP contribution >= 0.6 is 0 Å². The summed E-state index contributed by atoms with van der Waals surface area (Å²) in [6.45, 7) is 9.46. The molecule has 3 aliphatic carbocycles. The van der Waals surface area contributed by atoms with E-state index in [1.54, 1.807) is 0 Å². The van der Waals surface area contributed by atoms with Crippen LogP contribution < -0.4 is 4.90 Å². The molecule has 0 amide bonds. The van der Waals surface area contributed by atoms with Crippen LogP contribution in [0.1, 0.15) is 62.8 Å². The van der Waals surface area contributed by atoms with Crippen molar-refractivity contribution in [3.05, 3.63) is 192 Å². The van der Waals surface area contributed by atoms with Crippen LogP contribution in [-0.2, 0) is 10.8 Å². The molecule has 2 heteroatoms. The van der Waals surface area contributed by atoms with E-state index in [9.17, 15) is 0 Å². The number of nitrogens with zero attached hydrogens (tertiary/aromatic N) is 1. The maximum Gasteiger partial charge on any atom is 0.143 e. The van der Waals surface area contributed by atoms with Gasteiger partial charge in [-0.2, -0.15) is 0 Å². The predicted octanol–water partition coefficient (Wildman–Crippen LogP) is 15.1. The van der Waals surface area contributed by atoms with E-state index in [1.807, 2.05) is 6.07 Å². The minimum atomic E-state index is -0.109. The zero-order valence-corrected chi connectivity index (χ0v) is 32.4. The Bertz CT molecular complexity index is 2970. The van der Waals surface area contributed by atoms with Crippen molar-refractivity contribution in [1.29, 1.82) is 0 Å². The Hall–Kier alpha value is -6.38. The van der Waals surface area contributed by atoms with Crippen molar-refractivity contribution in [2.45, 2.75) is 51.4 Å². The van der Waals surface area contributed by atoms with Gasteiger partial charge in [0.15, 0.2) is 0 Å². The van der Waals surface area contributed by atoms with Gasteiger partial charge >= 0.3 is 0 Å². The third-order valence-electron chi connectivity index (χ3n) is 13.0. The average Bonchev–Trinajstić information content (AvgIpc) is 3.81. The van der Waals surface area contributed by atoms with Crippen LogP contribution in [0.2, 0.25) is 0 Å². The van der Waals surface area contributed by atoms with Gasteiger partial charge in [-0.3, -0.25) is 0 Å². The Labute approximate surface area is 329 Å². The molecule has 0 spiro atoms. The van der Waals surface area contributed by atoms with Gasteiger partial charge in [0.05, 0.1) is 0 Å². The van der Waals surface area contributed by atoms with E-state index in [-0.39, 0.29) is 10.8 Å². The lowest BCUT2D eigenvalue weighted by Gasteiger charge is -2.28. The van der Waals surface area contributed by atoms with E-state index in [0.29, 0.717) is 0 Å². The van der Waals surface area contributed by atoms with E-state index in [2.05, 4.69) is 190 Å². The molecule has 0 N–H and O–H groups in total. The van der Waals surface area contributed by atoms with Gasteiger partial charge < -0.3 is 9.32 Å². The Morgan fingerprint density at radius 2 is 1.18 bits per heavy atom. The van der Waals surface area contributed by atoms with Gasteiger partial charge in [0.1, 0.15) is 11.2 Å². The van der Waals surface area contributed by atoms with Crippen molar-refractivity contribution < 1.29 is 4.42 Å². The molecule has 0 fully saturated rings. The summed E-state index contributed by atoms with van der Waals surface area (Å²) in [7, 11) is 0. The van der Waals surface area contributed by atoms with Crippen LogP contribution in [0.25, 0.3) is 60.9 Å². The molecular formula is C54H43NO. The molecule has 7 aromatic carbocycles. The highest BCUT2D eigenvalue weighted by atomic mass is 16.3. The smallest absolute Gasteiger partial charge is 0.143 e. The summed E-state index contributed by atoms with van der Waals surface area (Å²) in [5.74, 6) is 0. The van der Waals surface area contributed by atoms with Crippen LogP contribution in [0, 0.1) is 0 Å². The number of anilines is 3. The zero-order chi connectivity index (χ0) is 37.8. The topological polar surface area (TPSA) is 16.4 Å². The lowest BCUT2D eigenvalue weighted by atomic mass is 9.80. The molecule has 0 radical (unpaired) electrons. The Balaban J connectivity index is 1.04. The minimum absolute atomic E-state index is 0.0424. The summed E-state index contributed by atoms with van der Waals surface area (Å²) in [4.78, 5) is 2.42. The number of furan rings is 1. The quantitative estimate of drug-likeness (QED) is 0.176. The Morgan fingerprint density at radius 1 is 0.482 bits per heavy atom. The fraction of sp³-hybridized carbons (Fsp3) is 0.148. The number of benzene rings is 7. The molecular weight excluding hydrogens is 679 g/mol. The normalized spacial score (nSPS) is 15.9. The number of hydrogen-bond donors (Lipinski definition) is 0. The van der Waals surface area contributed by atoms with Crippen molar-refractivity contribution in [2.75, 3.05) is 4.90 Å². The van der Waals surface area contributed by atoms with Crippen molar-refractivity contribution in [1.82, 2.24) is 0 Å². The second kappa shape index (κ2) is 12.1. The highest BCUT2D eigenvalue weighted by Crippen LogP contribution is 2.52. The lowest BCUT2D eigenvalue weighted by molar-refractivity contribution is 0.651. The monoisotopic (exact) mass is 721 g/mol. The van der Waals surface area contributed by atoms with Crippen LogP contribution in [0.5, 0.6) is 0 Å². The largest absolute Gasteiger partial charge is 0.455 e. The molecule has 0 saturated carbocycles. The van der Waals surface area contributed by atoms with Crippen LogP contribution in [0.15, 0.2) is 174 Å². The first-order chi connectivity index (χ1) is 27.3. The second-order valence-electron chi connectivity index (χ2n) is 16.8. The second-order valence-corrected chi connectivity index (χ2v) is 16.8. The summed E-state index contributed by atoms with van der Waals surface area (Å²) >= 11 is 0. The standard InChI is InChI=1S/C54H43NO/c1-53(2)48-21-9-6-16-42(48)46-32-35(25-30-49(46)53)34-23-26-37(27-24-34)55(39-28-29-43-41-15-5-8-20-47(41)54(3,4)50(43)33-39)38-14-11-13-36(31-38)40-18-12-19-45-44-17-7-10-22-51(44)56-52(40)45/h5,7-15,17-33H,6,16H2,1-4H3. The van der Waals surface area contributed by atoms with Gasteiger partial charge in [-0.15, -0.1) is 0 Å². The van der Waals surface area contributed by atoms with E-state index in [4.69, 9.17) is 4.42 Å². The van der Waals surface area contributed by atoms with Gasteiger partial charge in [-0.05, 0) is 123 Å². The fourth-order valence-corrected chi connectivity index (χ4v) is 10.1. The predicted molar refractivity (Wildman–Crippen MR) is 235 cm³/mol. The van der Waals surface area contributed by atoms with E-state index >= 15 is 0 Å². The number of para-hydroxylation sites is 2. The molecule has 0 aliphatic heterocycles. The molecule has 270 valence electrons. The lowest BCUT2D eigenvalue weighted by Crippen LogP contribution is -2.16. The van der Waals surface area contributed by atoms with Crippen molar-refractivity contribution in [2.24, 2.45) is 0 Å².